The zero-order chi connectivity index (χ0) is 27.4. The molecule has 4 aromatic rings. The molecule has 1 saturated carbocycles. The Morgan fingerprint density at radius 2 is 1.57 bits per heavy atom. The number of rotatable bonds is 7. The molecule has 1 amide bonds. The Hall–Kier alpha value is -3.74. The average molecular weight is 535 g/mol. The lowest BCUT2D eigenvalue weighted by atomic mass is 9.76. The molecule has 6 nitrogen and oxygen atoms in total. The number of carbonyl (C=O) groups excluding carboxylic acids is 1. The highest BCUT2D eigenvalue weighted by atomic mass is 16.3. The molecule has 0 bridgehead atoms. The van der Waals surface area contributed by atoms with Crippen LogP contribution in [-0.2, 0) is 6.42 Å². The molecule has 1 aromatic heterocycles. The number of imidazole rings is 1. The zero-order valence-corrected chi connectivity index (χ0v) is 23.0. The average Bonchev–Trinajstić information content (AvgIpc) is 3.43. The van der Waals surface area contributed by atoms with Crippen molar-refractivity contribution in [3.8, 4) is 11.3 Å². The molecule has 0 radical (unpaired) electrons. The summed E-state index contributed by atoms with van der Waals surface area (Å²) in [5.41, 5.74) is 3.48. The van der Waals surface area contributed by atoms with Gasteiger partial charge in [-0.3, -0.25) is 4.79 Å². The fraction of sp³-hybridized carbons (Fsp3) is 0.353. The van der Waals surface area contributed by atoms with Crippen LogP contribution in [0.15, 0.2) is 97.3 Å². The van der Waals surface area contributed by atoms with Crippen LogP contribution in [0.2, 0.25) is 0 Å². The largest absolute Gasteiger partial charge is 0.387 e. The van der Waals surface area contributed by atoms with Gasteiger partial charge >= 0.3 is 0 Å². The van der Waals surface area contributed by atoms with E-state index in [4.69, 9.17) is 4.98 Å². The maximum atomic E-state index is 14.4. The standard InChI is InChI=1S/C34H38N4O2/c39-33(37-22-21-35-24-29(37)23-26-13-5-1-6-14-26)30-31(27-15-7-2-8-16-27)38(25-36-30)32(28-17-9-3-10-18-28)34(40)19-11-4-12-20-34/h1-3,5-10,13-18,25,29,32,35,40H,4,11-12,19-24H2/t29-,32+/m1/s1. The van der Waals surface area contributed by atoms with Crippen molar-refractivity contribution in [3.05, 3.63) is 114 Å². The minimum Gasteiger partial charge on any atom is -0.387 e. The summed E-state index contributed by atoms with van der Waals surface area (Å²) >= 11 is 0. The van der Waals surface area contributed by atoms with Gasteiger partial charge in [-0.15, -0.1) is 0 Å². The second kappa shape index (κ2) is 11.8. The van der Waals surface area contributed by atoms with E-state index in [2.05, 4.69) is 34.1 Å². The monoisotopic (exact) mass is 534 g/mol. The first-order valence-electron chi connectivity index (χ1n) is 14.6. The number of nitrogens with one attached hydrogen (secondary N) is 1. The van der Waals surface area contributed by atoms with Crippen LogP contribution in [0.5, 0.6) is 0 Å². The van der Waals surface area contributed by atoms with E-state index in [-0.39, 0.29) is 18.0 Å². The van der Waals surface area contributed by atoms with Crippen LogP contribution in [0.3, 0.4) is 0 Å². The minimum atomic E-state index is -0.922. The van der Waals surface area contributed by atoms with Gasteiger partial charge in [0.1, 0.15) is 0 Å². The molecule has 1 aliphatic heterocycles. The van der Waals surface area contributed by atoms with Gasteiger partial charge in [0.15, 0.2) is 5.69 Å². The van der Waals surface area contributed by atoms with Gasteiger partial charge in [0.05, 0.1) is 23.7 Å². The molecule has 1 aliphatic carbocycles. The third kappa shape index (κ3) is 5.34. The van der Waals surface area contributed by atoms with Gasteiger partial charge in [0.2, 0.25) is 0 Å². The van der Waals surface area contributed by atoms with Gasteiger partial charge < -0.3 is 19.9 Å². The van der Waals surface area contributed by atoms with E-state index in [9.17, 15) is 9.90 Å². The van der Waals surface area contributed by atoms with E-state index in [0.29, 0.717) is 12.2 Å². The van der Waals surface area contributed by atoms with Gasteiger partial charge in [0.25, 0.3) is 5.91 Å². The molecule has 0 spiro atoms. The zero-order valence-electron chi connectivity index (χ0n) is 23.0. The number of aliphatic hydroxyl groups is 1. The molecule has 40 heavy (non-hydrogen) atoms. The molecule has 2 heterocycles. The number of amides is 1. The van der Waals surface area contributed by atoms with Crippen LogP contribution < -0.4 is 5.32 Å². The predicted molar refractivity (Wildman–Crippen MR) is 158 cm³/mol. The number of nitrogens with zero attached hydrogens (tertiary/aromatic N) is 3. The van der Waals surface area contributed by atoms with Gasteiger partial charge in [-0.25, -0.2) is 4.98 Å². The fourth-order valence-electron chi connectivity index (χ4n) is 6.63. The molecule has 2 aliphatic rings. The summed E-state index contributed by atoms with van der Waals surface area (Å²) in [6, 6.07) is 30.3. The Morgan fingerprint density at radius 1 is 0.925 bits per heavy atom. The number of benzene rings is 3. The number of hydrogen-bond acceptors (Lipinski definition) is 4. The summed E-state index contributed by atoms with van der Waals surface area (Å²) in [6.07, 6.45) is 7.13. The van der Waals surface area contributed by atoms with Crippen molar-refractivity contribution >= 4 is 5.91 Å². The molecule has 206 valence electrons. The number of carbonyl (C=O) groups is 1. The van der Waals surface area contributed by atoms with E-state index in [0.717, 1.165) is 68.4 Å². The number of aromatic nitrogens is 2. The van der Waals surface area contributed by atoms with Crippen molar-refractivity contribution in [1.82, 2.24) is 19.8 Å². The predicted octanol–water partition coefficient (Wildman–Crippen LogP) is 5.49. The second-order valence-corrected chi connectivity index (χ2v) is 11.2. The summed E-state index contributed by atoms with van der Waals surface area (Å²) < 4.78 is 2.08. The smallest absolute Gasteiger partial charge is 0.275 e. The van der Waals surface area contributed by atoms with E-state index >= 15 is 0 Å². The first-order valence-corrected chi connectivity index (χ1v) is 14.6. The SMILES string of the molecule is O=C(c1ncn([C@@H](c2ccccc2)C2(O)CCCCC2)c1-c1ccccc1)N1CCNC[C@H]1Cc1ccccc1. The summed E-state index contributed by atoms with van der Waals surface area (Å²) in [6.45, 7) is 2.13. The molecular weight excluding hydrogens is 496 g/mol. The van der Waals surface area contributed by atoms with Crippen molar-refractivity contribution in [2.45, 2.75) is 56.2 Å². The highest BCUT2D eigenvalue weighted by Crippen LogP contribution is 2.43. The lowest BCUT2D eigenvalue weighted by molar-refractivity contribution is -0.0299. The van der Waals surface area contributed by atoms with E-state index in [1.165, 1.54) is 5.56 Å². The first-order chi connectivity index (χ1) is 19.6. The molecule has 6 heteroatoms. The highest BCUT2D eigenvalue weighted by molar-refractivity contribution is 5.98. The Morgan fingerprint density at radius 3 is 2.27 bits per heavy atom. The second-order valence-electron chi connectivity index (χ2n) is 11.2. The van der Waals surface area contributed by atoms with Crippen LogP contribution in [0.4, 0.5) is 0 Å². The third-order valence-corrected chi connectivity index (χ3v) is 8.59. The van der Waals surface area contributed by atoms with E-state index in [1.807, 2.05) is 71.6 Å². The van der Waals surface area contributed by atoms with Gasteiger partial charge in [-0.2, -0.15) is 0 Å². The minimum absolute atomic E-state index is 0.0323. The lowest BCUT2D eigenvalue weighted by Crippen LogP contribution is -2.54. The Bertz CT molecular complexity index is 1400. The Labute approximate surface area is 236 Å². The molecule has 2 N–H and O–H groups in total. The van der Waals surface area contributed by atoms with Crippen molar-refractivity contribution < 1.29 is 9.90 Å². The fourth-order valence-corrected chi connectivity index (χ4v) is 6.63. The van der Waals surface area contributed by atoms with Crippen LogP contribution in [0.25, 0.3) is 11.3 Å². The summed E-state index contributed by atoms with van der Waals surface area (Å²) in [4.78, 5) is 21.2. The molecule has 2 fully saturated rings. The van der Waals surface area contributed by atoms with Crippen LogP contribution in [0, 0.1) is 0 Å². The quantitative estimate of drug-likeness (QED) is 0.329. The molecule has 0 unspecified atom stereocenters. The molecule has 3 aromatic carbocycles. The summed E-state index contributed by atoms with van der Waals surface area (Å²) in [5.74, 6) is -0.0533. The normalized spacial score (nSPS) is 19.7. The third-order valence-electron chi connectivity index (χ3n) is 8.59. The highest BCUT2D eigenvalue weighted by Gasteiger charge is 2.42. The summed E-state index contributed by atoms with van der Waals surface area (Å²) in [7, 11) is 0. The van der Waals surface area contributed by atoms with Crippen LogP contribution in [0.1, 0.15) is 59.8 Å². The van der Waals surface area contributed by atoms with Crippen LogP contribution >= 0.6 is 0 Å². The number of hydrogen-bond donors (Lipinski definition) is 2. The maximum absolute atomic E-state index is 14.4. The topological polar surface area (TPSA) is 70.4 Å². The summed E-state index contributed by atoms with van der Waals surface area (Å²) in [5, 5.41) is 15.6. The van der Waals surface area contributed by atoms with E-state index < -0.39 is 5.60 Å². The Kier molecular flexibility index (Phi) is 7.80. The Balaban J connectivity index is 1.44. The van der Waals surface area contributed by atoms with Crippen molar-refractivity contribution in [1.29, 1.82) is 0 Å². The van der Waals surface area contributed by atoms with Gasteiger partial charge in [-0.1, -0.05) is 110 Å². The molecular formula is C34H38N4O2. The molecule has 6 rings (SSSR count). The van der Waals surface area contributed by atoms with Crippen molar-refractivity contribution in [2.75, 3.05) is 19.6 Å². The molecule has 1 saturated heterocycles. The van der Waals surface area contributed by atoms with Crippen molar-refractivity contribution in [2.24, 2.45) is 0 Å². The molecule has 2 atom stereocenters. The number of piperazine rings is 1. The maximum Gasteiger partial charge on any atom is 0.275 e. The van der Waals surface area contributed by atoms with Crippen molar-refractivity contribution in [3.63, 3.8) is 0 Å². The first kappa shape index (κ1) is 26.5. The van der Waals surface area contributed by atoms with Crippen LogP contribution in [-0.4, -0.2) is 56.7 Å². The van der Waals surface area contributed by atoms with Gasteiger partial charge in [0, 0.05) is 31.2 Å². The lowest BCUT2D eigenvalue weighted by Gasteiger charge is -2.41. The van der Waals surface area contributed by atoms with E-state index in [1.54, 1.807) is 6.33 Å². The van der Waals surface area contributed by atoms with Gasteiger partial charge in [-0.05, 0) is 30.4 Å².